The summed E-state index contributed by atoms with van der Waals surface area (Å²) in [4.78, 5) is 0. The van der Waals surface area contributed by atoms with Crippen LogP contribution >= 0.6 is 11.8 Å². The SMILES string of the molecule is CCCCC(COC)NC(C)CSCC. The van der Waals surface area contributed by atoms with Gasteiger partial charge < -0.3 is 10.1 Å². The van der Waals surface area contributed by atoms with Gasteiger partial charge >= 0.3 is 0 Å². The molecular formula is C12H27NOS. The molecule has 0 saturated heterocycles. The quantitative estimate of drug-likeness (QED) is 0.627. The van der Waals surface area contributed by atoms with Gasteiger partial charge in [0.15, 0.2) is 0 Å². The van der Waals surface area contributed by atoms with Crippen LogP contribution in [0.2, 0.25) is 0 Å². The van der Waals surface area contributed by atoms with Crippen molar-refractivity contribution in [2.75, 3.05) is 25.2 Å². The lowest BCUT2D eigenvalue weighted by atomic mass is 10.1. The largest absolute Gasteiger partial charge is 0.383 e. The van der Waals surface area contributed by atoms with E-state index in [4.69, 9.17) is 4.74 Å². The van der Waals surface area contributed by atoms with Crippen LogP contribution in [0.25, 0.3) is 0 Å². The summed E-state index contributed by atoms with van der Waals surface area (Å²) in [5.74, 6) is 2.40. The Morgan fingerprint density at radius 1 is 1.33 bits per heavy atom. The summed E-state index contributed by atoms with van der Waals surface area (Å²) in [6.45, 7) is 7.54. The monoisotopic (exact) mass is 233 g/mol. The standard InChI is InChI=1S/C12H27NOS/c1-5-7-8-12(9-14-4)13-11(3)10-15-6-2/h11-13H,5-10H2,1-4H3. The summed E-state index contributed by atoms with van der Waals surface area (Å²) in [5.41, 5.74) is 0. The van der Waals surface area contributed by atoms with E-state index < -0.39 is 0 Å². The molecule has 0 aliphatic rings. The van der Waals surface area contributed by atoms with Crippen molar-refractivity contribution in [3.8, 4) is 0 Å². The molecule has 92 valence electrons. The van der Waals surface area contributed by atoms with Gasteiger partial charge in [0.25, 0.3) is 0 Å². The first-order valence-electron chi connectivity index (χ1n) is 6.07. The molecule has 15 heavy (non-hydrogen) atoms. The normalized spacial score (nSPS) is 15.2. The molecule has 0 bridgehead atoms. The summed E-state index contributed by atoms with van der Waals surface area (Å²) < 4.78 is 5.24. The third-order valence-corrected chi connectivity index (χ3v) is 3.51. The maximum atomic E-state index is 5.24. The van der Waals surface area contributed by atoms with Crippen LogP contribution in [0.4, 0.5) is 0 Å². The Balaban J connectivity index is 3.70. The topological polar surface area (TPSA) is 21.3 Å². The van der Waals surface area contributed by atoms with E-state index in [9.17, 15) is 0 Å². The van der Waals surface area contributed by atoms with Crippen molar-refractivity contribution in [1.82, 2.24) is 5.32 Å². The minimum absolute atomic E-state index is 0.530. The Bertz CT molecular complexity index is 133. The van der Waals surface area contributed by atoms with E-state index >= 15 is 0 Å². The fraction of sp³-hybridized carbons (Fsp3) is 1.00. The van der Waals surface area contributed by atoms with Crippen LogP contribution in [0.1, 0.15) is 40.0 Å². The van der Waals surface area contributed by atoms with Crippen molar-refractivity contribution in [2.45, 2.75) is 52.1 Å². The number of ether oxygens (including phenoxy) is 1. The van der Waals surface area contributed by atoms with Crippen LogP contribution in [-0.4, -0.2) is 37.3 Å². The van der Waals surface area contributed by atoms with E-state index in [0.717, 1.165) is 6.61 Å². The molecular weight excluding hydrogens is 206 g/mol. The van der Waals surface area contributed by atoms with Gasteiger partial charge in [-0.3, -0.25) is 0 Å². The van der Waals surface area contributed by atoms with Crippen LogP contribution in [0, 0.1) is 0 Å². The van der Waals surface area contributed by atoms with Gasteiger partial charge in [-0.2, -0.15) is 11.8 Å². The number of nitrogens with one attached hydrogen (secondary N) is 1. The fourth-order valence-electron chi connectivity index (χ4n) is 1.61. The lowest BCUT2D eigenvalue weighted by molar-refractivity contribution is 0.157. The molecule has 0 aliphatic heterocycles. The fourth-order valence-corrected chi connectivity index (χ4v) is 2.30. The third kappa shape index (κ3) is 9.21. The molecule has 2 atom stereocenters. The average molecular weight is 233 g/mol. The van der Waals surface area contributed by atoms with Gasteiger partial charge in [-0.25, -0.2) is 0 Å². The van der Waals surface area contributed by atoms with Crippen LogP contribution in [0.15, 0.2) is 0 Å². The summed E-state index contributed by atoms with van der Waals surface area (Å²) in [6.07, 6.45) is 3.78. The van der Waals surface area contributed by atoms with Gasteiger partial charge in [0.2, 0.25) is 0 Å². The van der Waals surface area contributed by atoms with Crippen molar-refractivity contribution >= 4 is 11.8 Å². The second-order valence-corrected chi connectivity index (χ2v) is 5.34. The Labute approximate surface area is 99.5 Å². The molecule has 2 unspecified atom stereocenters. The Morgan fingerprint density at radius 2 is 2.07 bits per heavy atom. The summed E-state index contributed by atoms with van der Waals surface area (Å²) in [6, 6.07) is 1.12. The molecule has 0 aromatic rings. The first-order valence-corrected chi connectivity index (χ1v) is 7.22. The molecule has 0 saturated carbocycles. The molecule has 0 rings (SSSR count). The molecule has 3 heteroatoms. The van der Waals surface area contributed by atoms with Gasteiger partial charge in [0, 0.05) is 24.9 Å². The predicted octanol–water partition coefficient (Wildman–Crippen LogP) is 2.92. The summed E-state index contributed by atoms with van der Waals surface area (Å²) in [7, 11) is 1.78. The zero-order valence-corrected chi connectivity index (χ0v) is 11.5. The van der Waals surface area contributed by atoms with E-state index in [1.54, 1.807) is 7.11 Å². The number of hydrogen-bond acceptors (Lipinski definition) is 3. The first-order chi connectivity index (χ1) is 7.24. The highest BCUT2D eigenvalue weighted by molar-refractivity contribution is 7.99. The lowest BCUT2D eigenvalue weighted by Gasteiger charge is -2.22. The van der Waals surface area contributed by atoms with Gasteiger partial charge in [-0.15, -0.1) is 0 Å². The summed E-state index contributed by atoms with van der Waals surface area (Å²) >= 11 is 2.00. The molecule has 0 aliphatic carbocycles. The van der Waals surface area contributed by atoms with Crippen LogP contribution in [-0.2, 0) is 4.74 Å². The molecule has 0 aromatic carbocycles. The van der Waals surface area contributed by atoms with Gasteiger partial charge in [0.05, 0.1) is 6.61 Å². The number of unbranched alkanes of at least 4 members (excludes halogenated alkanes) is 1. The van der Waals surface area contributed by atoms with Gasteiger partial charge in [-0.05, 0) is 19.1 Å². The van der Waals surface area contributed by atoms with Crippen molar-refractivity contribution in [2.24, 2.45) is 0 Å². The molecule has 1 N–H and O–H groups in total. The highest BCUT2D eigenvalue weighted by Gasteiger charge is 2.10. The second kappa shape index (κ2) is 10.8. The molecule has 2 nitrogen and oxygen atoms in total. The Morgan fingerprint density at radius 3 is 2.60 bits per heavy atom. The highest BCUT2D eigenvalue weighted by atomic mass is 32.2. The Hall–Kier alpha value is 0.270. The predicted molar refractivity (Wildman–Crippen MR) is 70.8 cm³/mol. The minimum Gasteiger partial charge on any atom is -0.383 e. The van der Waals surface area contributed by atoms with Crippen molar-refractivity contribution in [3.63, 3.8) is 0 Å². The smallest absolute Gasteiger partial charge is 0.0615 e. The summed E-state index contributed by atoms with van der Waals surface area (Å²) in [5, 5.41) is 3.64. The van der Waals surface area contributed by atoms with Crippen LogP contribution < -0.4 is 5.32 Å². The maximum Gasteiger partial charge on any atom is 0.0615 e. The molecule has 0 amide bonds. The minimum atomic E-state index is 0.530. The average Bonchev–Trinajstić information content (AvgIpc) is 2.23. The highest BCUT2D eigenvalue weighted by Crippen LogP contribution is 2.06. The van der Waals surface area contributed by atoms with Gasteiger partial charge in [0.1, 0.15) is 0 Å². The molecule has 0 aromatic heterocycles. The van der Waals surface area contributed by atoms with Gasteiger partial charge in [-0.1, -0.05) is 26.7 Å². The van der Waals surface area contributed by atoms with E-state index in [1.165, 1.54) is 30.8 Å². The number of methoxy groups -OCH3 is 1. The van der Waals surface area contributed by atoms with Crippen molar-refractivity contribution < 1.29 is 4.74 Å². The number of thioether (sulfide) groups is 1. The Kier molecular flexibility index (Phi) is 11.0. The number of rotatable bonds is 10. The zero-order valence-electron chi connectivity index (χ0n) is 10.7. The number of hydrogen-bond donors (Lipinski definition) is 1. The molecule has 0 spiro atoms. The maximum absolute atomic E-state index is 5.24. The van der Waals surface area contributed by atoms with E-state index in [2.05, 4.69) is 26.1 Å². The van der Waals surface area contributed by atoms with Crippen LogP contribution in [0.5, 0.6) is 0 Å². The van der Waals surface area contributed by atoms with E-state index in [0.29, 0.717) is 12.1 Å². The van der Waals surface area contributed by atoms with E-state index in [-0.39, 0.29) is 0 Å². The molecule has 0 heterocycles. The van der Waals surface area contributed by atoms with Crippen molar-refractivity contribution in [1.29, 1.82) is 0 Å². The lowest BCUT2D eigenvalue weighted by Crippen LogP contribution is -2.40. The molecule has 0 radical (unpaired) electrons. The molecule has 0 fully saturated rings. The second-order valence-electron chi connectivity index (χ2n) is 4.02. The third-order valence-electron chi connectivity index (χ3n) is 2.37. The van der Waals surface area contributed by atoms with E-state index in [1.807, 2.05) is 11.8 Å². The van der Waals surface area contributed by atoms with Crippen molar-refractivity contribution in [3.05, 3.63) is 0 Å². The van der Waals surface area contributed by atoms with Crippen LogP contribution in [0.3, 0.4) is 0 Å². The zero-order chi connectivity index (χ0) is 11.5. The first kappa shape index (κ1) is 15.3.